The first-order valence-corrected chi connectivity index (χ1v) is 9.22. The third kappa shape index (κ3) is 4.46. The van der Waals surface area contributed by atoms with Crippen LogP contribution in [0.5, 0.6) is 0 Å². The fourth-order valence-electron chi connectivity index (χ4n) is 3.00. The van der Waals surface area contributed by atoms with Crippen molar-refractivity contribution < 1.29 is 25.2 Å². The molecule has 0 spiro atoms. The topological polar surface area (TPSA) is 127 Å². The van der Waals surface area contributed by atoms with E-state index in [1.807, 2.05) is 49.4 Å². The second-order valence-electron chi connectivity index (χ2n) is 6.59. The Labute approximate surface area is 167 Å². The van der Waals surface area contributed by atoms with Gasteiger partial charge in [0.1, 0.15) is 24.4 Å². The van der Waals surface area contributed by atoms with Gasteiger partial charge >= 0.3 is 0 Å². The molecule has 0 aliphatic carbocycles. The average Bonchev–Trinajstić information content (AvgIpc) is 2.72. The Bertz CT molecular complexity index is 876. The first kappa shape index (κ1) is 20.6. The summed E-state index contributed by atoms with van der Waals surface area (Å²) in [6.45, 7) is 1.32. The molecule has 150 valence electrons. The Hall–Kier alpha value is -2.14. The highest BCUT2D eigenvalue weighted by Crippen LogP contribution is 2.19. The molecule has 0 bridgehead atoms. The largest absolute Gasteiger partial charge is 0.394 e. The minimum Gasteiger partial charge on any atom is -0.394 e. The highest BCUT2D eigenvalue weighted by molar-refractivity contribution is 7.80. The number of ether oxygens (including phenoxy) is 1. The third-order valence-electron chi connectivity index (χ3n) is 4.66. The maximum Gasteiger partial charge on any atom is 0.189 e. The number of nitrogens with zero attached hydrogens (tertiary/aromatic N) is 1. The smallest absolute Gasteiger partial charge is 0.189 e. The van der Waals surface area contributed by atoms with Crippen LogP contribution in [0, 0.1) is 0 Å². The van der Waals surface area contributed by atoms with Gasteiger partial charge in [-0.15, -0.1) is 0 Å². The van der Waals surface area contributed by atoms with Crippen LogP contribution in [0.2, 0.25) is 0 Å². The summed E-state index contributed by atoms with van der Waals surface area (Å²) < 4.78 is 5.34. The molecule has 28 heavy (non-hydrogen) atoms. The van der Waals surface area contributed by atoms with Gasteiger partial charge in [0.15, 0.2) is 11.3 Å². The quantitative estimate of drug-likeness (QED) is 0.235. The SMILES string of the molecule is C/C(=N\NC(=S)N[C@@H]1O[C@H](CO)[C@@H](O)[C@H](O)[C@H]1O)c1ccc2ccccc2c1. The molecule has 1 saturated heterocycles. The number of aliphatic hydroxyl groups is 4. The number of hydrazone groups is 1. The van der Waals surface area contributed by atoms with Crippen molar-refractivity contribution in [2.24, 2.45) is 5.10 Å². The van der Waals surface area contributed by atoms with Gasteiger partial charge in [0.25, 0.3) is 0 Å². The number of benzene rings is 2. The first-order chi connectivity index (χ1) is 13.4. The Morgan fingerprint density at radius 3 is 2.50 bits per heavy atom. The van der Waals surface area contributed by atoms with Gasteiger partial charge in [-0.3, -0.25) is 5.43 Å². The van der Waals surface area contributed by atoms with Crippen molar-refractivity contribution in [1.29, 1.82) is 0 Å². The van der Waals surface area contributed by atoms with Gasteiger partial charge in [0.05, 0.1) is 12.3 Å². The molecule has 9 heteroatoms. The molecule has 0 aromatic heterocycles. The highest BCUT2D eigenvalue weighted by Gasteiger charge is 2.43. The predicted octanol–water partition coefficient (Wildman–Crippen LogP) is -0.172. The lowest BCUT2D eigenvalue weighted by Crippen LogP contribution is -2.63. The normalized spacial score (nSPS) is 28.2. The van der Waals surface area contributed by atoms with E-state index in [0.717, 1.165) is 16.3 Å². The van der Waals surface area contributed by atoms with E-state index in [-0.39, 0.29) is 5.11 Å². The lowest BCUT2D eigenvalue weighted by Gasteiger charge is -2.40. The molecule has 1 heterocycles. The molecule has 2 aromatic carbocycles. The minimum atomic E-state index is -1.48. The highest BCUT2D eigenvalue weighted by atomic mass is 32.1. The molecule has 5 atom stereocenters. The van der Waals surface area contributed by atoms with Crippen molar-refractivity contribution in [3.8, 4) is 0 Å². The van der Waals surface area contributed by atoms with Crippen molar-refractivity contribution >= 4 is 33.8 Å². The molecule has 0 amide bonds. The Balaban J connectivity index is 1.63. The van der Waals surface area contributed by atoms with Crippen LogP contribution < -0.4 is 10.7 Å². The van der Waals surface area contributed by atoms with Gasteiger partial charge in [-0.05, 0) is 41.5 Å². The van der Waals surface area contributed by atoms with Gasteiger partial charge in [-0.25, -0.2) is 0 Å². The lowest BCUT2D eigenvalue weighted by atomic mass is 9.98. The lowest BCUT2D eigenvalue weighted by molar-refractivity contribution is -0.232. The molecule has 8 nitrogen and oxygen atoms in total. The number of hydrogen-bond acceptors (Lipinski definition) is 7. The minimum absolute atomic E-state index is 0.0597. The second kappa shape index (κ2) is 8.91. The summed E-state index contributed by atoms with van der Waals surface area (Å²) in [6.07, 6.45) is -6.45. The molecular formula is C19H23N3O5S. The molecular weight excluding hydrogens is 382 g/mol. The molecule has 2 aromatic rings. The van der Waals surface area contributed by atoms with E-state index in [0.29, 0.717) is 5.71 Å². The summed E-state index contributed by atoms with van der Waals surface area (Å²) in [7, 11) is 0. The van der Waals surface area contributed by atoms with E-state index in [4.69, 9.17) is 17.0 Å². The van der Waals surface area contributed by atoms with Crippen LogP contribution >= 0.6 is 12.2 Å². The van der Waals surface area contributed by atoms with Crippen LogP contribution in [0.1, 0.15) is 12.5 Å². The zero-order valence-corrected chi connectivity index (χ0v) is 16.0. The number of hydrogen-bond donors (Lipinski definition) is 6. The summed E-state index contributed by atoms with van der Waals surface area (Å²) in [4.78, 5) is 0. The van der Waals surface area contributed by atoms with Crippen LogP contribution in [0.15, 0.2) is 47.6 Å². The van der Waals surface area contributed by atoms with Crippen LogP contribution in [-0.4, -0.2) is 68.5 Å². The van der Waals surface area contributed by atoms with Gasteiger partial charge < -0.3 is 30.5 Å². The number of aliphatic hydroxyl groups excluding tert-OH is 4. The van der Waals surface area contributed by atoms with E-state index in [9.17, 15) is 20.4 Å². The average molecular weight is 405 g/mol. The standard InChI is InChI=1S/C19H23N3O5S/c1-10(12-7-6-11-4-2-3-5-13(11)8-12)21-22-19(28)20-18-17(26)16(25)15(24)14(9-23)27-18/h2-8,14-18,23-26H,9H2,1H3,(H2,20,22,28)/b21-10+/t14-,15-,16+,17-,18-/m1/s1. The molecule has 3 rings (SSSR count). The van der Waals surface area contributed by atoms with Crippen molar-refractivity contribution in [3.63, 3.8) is 0 Å². The van der Waals surface area contributed by atoms with Crippen LogP contribution in [0.3, 0.4) is 0 Å². The van der Waals surface area contributed by atoms with Crippen molar-refractivity contribution in [3.05, 3.63) is 48.0 Å². The molecule has 0 radical (unpaired) electrons. The summed E-state index contributed by atoms with van der Waals surface area (Å²) in [5.74, 6) is 0. The van der Waals surface area contributed by atoms with Crippen molar-refractivity contribution in [2.75, 3.05) is 6.61 Å². The molecule has 0 unspecified atom stereocenters. The van der Waals surface area contributed by atoms with Crippen molar-refractivity contribution in [1.82, 2.24) is 10.7 Å². The number of thiocarbonyl (C=S) groups is 1. The number of nitrogens with one attached hydrogen (secondary N) is 2. The van der Waals surface area contributed by atoms with Crippen LogP contribution in [0.4, 0.5) is 0 Å². The Morgan fingerprint density at radius 2 is 1.79 bits per heavy atom. The molecule has 1 fully saturated rings. The maximum atomic E-state index is 10.0. The summed E-state index contributed by atoms with van der Waals surface area (Å²) in [5.41, 5.74) is 4.28. The summed E-state index contributed by atoms with van der Waals surface area (Å²) >= 11 is 5.15. The van der Waals surface area contributed by atoms with Crippen molar-refractivity contribution in [2.45, 2.75) is 37.6 Å². The van der Waals surface area contributed by atoms with Gasteiger partial charge in [-0.1, -0.05) is 36.4 Å². The zero-order valence-electron chi connectivity index (χ0n) is 15.2. The zero-order chi connectivity index (χ0) is 20.3. The van der Waals surface area contributed by atoms with Gasteiger partial charge in [0, 0.05) is 0 Å². The number of rotatable bonds is 4. The van der Waals surface area contributed by atoms with E-state index >= 15 is 0 Å². The van der Waals surface area contributed by atoms with Gasteiger partial charge in [0.2, 0.25) is 0 Å². The number of fused-ring (bicyclic) bond motifs is 1. The van der Waals surface area contributed by atoms with E-state index in [2.05, 4.69) is 15.8 Å². The van der Waals surface area contributed by atoms with Crippen LogP contribution in [-0.2, 0) is 4.74 Å². The molecule has 1 aliphatic rings. The fourth-order valence-corrected chi connectivity index (χ4v) is 3.16. The van der Waals surface area contributed by atoms with E-state index in [1.54, 1.807) is 0 Å². The molecule has 6 N–H and O–H groups in total. The third-order valence-corrected chi connectivity index (χ3v) is 4.87. The summed E-state index contributed by atoms with van der Waals surface area (Å²) in [5, 5.41) is 48.0. The first-order valence-electron chi connectivity index (χ1n) is 8.81. The van der Waals surface area contributed by atoms with E-state index in [1.165, 1.54) is 0 Å². The Kier molecular flexibility index (Phi) is 6.55. The predicted molar refractivity (Wildman–Crippen MR) is 109 cm³/mol. The molecule has 1 aliphatic heterocycles. The Morgan fingerprint density at radius 1 is 1.07 bits per heavy atom. The van der Waals surface area contributed by atoms with E-state index < -0.39 is 37.3 Å². The monoisotopic (exact) mass is 405 g/mol. The maximum absolute atomic E-state index is 10.0. The molecule has 0 saturated carbocycles. The summed E-state index contributed by atoms with van der Waals surface area (Å²) in [6, 6.07) is 14.0. The second-order valence-corrected chi connectivity index (χ2v) is 7.00. The van der Waals surface area contributed by atoms with Gasteiger partial charge in [-0.2, -0.15) is 5.10 Å². The fraction of sp³-hybridized carbons (Fsp3) is 0.368. The van der Waals surface area contributed by atoms with Crippen LogP contribution in [0.25, 0.3) is 10.8 Å².